The summed E-state index contributed by atoms with van der Waals surface area (Å²) < 4.78 is 0. The van der Waals surface area contributed by atoms with Gasteiger partial charge in [0.25, 0.3) is 0 Å². The van der Waals surface area contributed by atoms with Crippen LogP contribution in [0.5, 0.6) is 0 Å². The zero-order valence-corrected chi connectivity index (χ0v) is 8.99. The average Bonchev–Trinajstić information content (AvgIpc) is 3.11. The van der Waals surface area contributed by atoms with Crippen molar-refractivity contribution in [3.05, 3.63) is 28.6 Å². The van der Waals surface area contributed by atoms with E-state index in [1.165, 1.54) is 0 Å². The largest absolute Gasteiger partial charge is 0.478 e. The fourth-order valence-corrected chi connectivity index (χ4v) is 2.25. The lowest BCUT2D eigenvalue weighted by atomic mass is 10.0. The Bertz CT molecular complexity index is 453. The van der Waals surface area contributed by atoms with Crippen molar-refractivity contribution in [1.29, 1.82) is 0 Å². The Labute approximate surface area is 93.7 Å². The second-order valence-electron chi connectivity index (χ2n) is 4.53. The Kier molecular flexibility index (Phi) is 2.17. The molecule has 1 fully saturated rings. The lowest BCUT2D eigenvalue weighted by molar-refractivity contribution is 0.0695. The van der Waals surface area contributed by atoms with Crippen LogP contribution < -0.4 is 5.32 Å². The van der Waals surface area contributed by atoms with Crippen LogP contribution >= 0.6 is 0 Å². The highest BCUT2D eigenvalue weighted by Gasteiger charge is 2.31. The SMILES string of the molecule is O=C(O)c1cc2c(nc1C1CC1)CNCC2. The molecular weight excluding hydrogens is 204 g/mol. The number of hydrogen-bond donors (Lipinski definition) is 2. The number of carbonyl (C=O) groups is 1. The van der Waals surface area contributed by atoms with Crippen LogP contribution in [0.25, 0.3) is 0 Å². The Morgan fingerprint density at radius 1 is 1.50 bits per heavy atom. The molecule has 0 aromatic carbocycles. The number of carboxylic acids is 1. The Morgan fingerprint density at radius 3 is 3.00 bits per heavy atom. The molecule has 0 unspecified atom stereocenters. The summed E-state index contributed by atoms with van der Waals surface area (Å²) in [7, 11) is 0. The van der Waals surface area contributed by atoms with E-state index in [1.807, 2.05) is 6.07 Å². The zero-order chi connectivity index (χ0) is 11.1. The van der Waals surface area contributed by atoms with Gasteiger partial charge in [-0.1, -0.05) is 0 Å². The van der Waals surface area contributed by atoms with Crippen molar-refractivity contribution >= 4 is 5.97 Å². The Morgan fingerprint density at radius 2 is 2.31 bits per heavy atom. The highest BCUT2D eigenvalue weighted by atomic mass is 16.4. The van der Waals surface area contributed by atoms with Gasteiger partial charge in [-0.05, 0) is 37.4 Å². The molecule has 4 heteroatoms. The maximum atomic E-state index is 11.2. The molecular formula is C12H14N2O2. The van der Waals surface area contributed by atoms with Crippen molar-refractivity contribution < 1.29 is 9.90 Å². The number of carboxylic acid groups (broad SMARTS) is 1. The molecule has 4 nitrogen and oxygen atoms in total. The average molecular weight is 218 g/mol. The summed E-state index contributed by atoms with van der Waals surface area (Å²) in [4.78, 5) is 15.7. The normalized spacial score (nSPS) is 19.2. The summed E-state index contributed by atoms with van der Waals surface area (Å²) in [6.45, 7) is 1.69. The molecule has 16 heavy (non-hydrogen) atoms. The third-order valence-electron chi connectivity index (χ3n) is 3.28. The van der Waals surface area contributed by atoms with Crippen molar-refractivity contribution in [1.82, 2.24) is 10.3 Å². The second kappa shape index (κ2) is 3.56. The predicted molar refractivity (Wildman–Crippen MR) is 58.6 cm³/mol. The van der Waals surface area contributed by atoms with Gasteiger partial charge in [0, 0.05) is 12.5 Å². The van der Waals surface area contributed by atoms with E-state index in [2.05, 4.69) is 10.3 Å². The van der Waals surface area contributed by atoms with E-state index in [1.54, 1.807) is 0 Å². The summed E-state index contributed by atoms with van der Waals surface area (Å²) in [6, 6.07) is 1.83. The van der Waals surface area contributed by atoms with Crippen LogP contribution in [0.4, 0.5) is 0 Å². The van der Waals surface area contributed by atoms with Gasteiger partial charge in [0.2, 0.25) is 0 Å². The Hall–Kier alpha value is -1.42. The Balaban J connectivity index is 2.11. The minimum Gasteiger partial charge on any atom is -0.478 e. The van der Waals surface area contributed by atoms with Gasteiger partial charge in [-0.3, -0.25) is 4.98 Å². The van der Waals surface area contributed by atoms with Crippen LogP contribution in [0.2, 0.25) is 0 Å². The van der Waals surface area contributed by atoms with E-state index < -0.39 is 5.97 Å². The van der Waals surface area contributed by atoms with Gasteiger partial charge < -0.3 is 10.4 Å². The topological polar surface area (TPSA) is 62.2 Å². The molecule has 0 radical (unpaired) electrons. The lowest BCUT2D eigenvalue weighted by Crippen LogP contribution is -2.26. The number of nitrogens with zero attached hydrogens (tertiary/aromatic N) is 1. The summed E-state index contributed by atoms with van der Waals surface area (Å²) >= 11 is 0. The van der Waals surface area contributed by atoms with Gasteiger partial charge in [0.1, 0.15) is 0 Å². The molecule has 0 amide bonds. The number of nitrogens with one attached hydrogen (secondary N) is 1. The lowest BCUT2D eigenvalue weighted by Gasteiger charge is -2.18. The predicted octanol–water partition coefficient (Wildman–Crippen LogP) is 1.30. The first-order valence-corrected chi connectivity index (χ1v) is 5.72. The van der Waals surface area contributed by atoms with E-state index in [0.717, 1.165) is 49.3 Å². The van der Waals surface area contributed by atoms with E-state index >= 15 is 0 Å². The molecule has 84 valence electrons. The van der Waals surface area contributed by atoms with Gasteiger partial charge >= 0.3 is 5.97 Å². The van der Waals surface area contributed by atoms with Crippen LogP contribution in [-0.4, -0.2) is 22.6 Å². The van der Waals surface area contributed by atoms with Crippen LogP contribution in [0.15, 0.2) is 6.07 Å². The van der Waals surface area contributed by atoms with Crippen LogP contribution in [-0.2, 0) is 13.0 Å². The van der Waals surface area contributed by atoms with Gasteiger partial charge in [0.15, 0.2) is 0 Å². The van der Waals surface area contributed by atoms with Crippen LogP contribution in [0.1, 0.15) is 46.1 Å². The quantitative estimate of drug-likeness (QED) is 0.785. The minimum absolute atomic E-state index is 0.387. The smallest absolute Gasteiger partial charge is 0.337 e. The summed E-state index contributed by atoms with van der Waals surface area (Å²) in [5, 5.41) is 12.5. The molecule has 1 aromatic rings. The molecule has 2 aliphatic rings. The second-order valence-corrected chi connectivity index (χ2v) is 4.53. The van der Waals surface area contributed by atoms with Crippen molar-refractivity contribution in [2.45, 2.75) is 31.7 Å². The minimum atomic E-state index is -0.837. The molecule has 1 saturated carbocycles. The standard InChI is InChI=1S/C12H14N2O2/c15-12(16)9-5-8-3-4-13-6-10(8)14-11(9)7-1-2-7/h5,7,13H,1-4,6H2,(H,15,16). The maximum Gasteiger partial charge on any atom is 0.337 e. The number of aromatic carboxylic acids is 1. The highest BCUT2D eigenvalue weighted by Crippen LogP contribution is 2.41. The number of fused-ring (bicyclic) bond motifs is 1. The van der Waals surface area contributed by atoms with Crippen LogP contribution in [0.3, 0.4) is 0 Å². The van der Waals surface area contributed by atoms with Gasteiger partial charge in [-0.25, -0.2) is 4.79 Å². The van der Waals surface area contributed by atoms with Crippen LogP contribution in [0, 0.1) is 0 Å². The summed E-state index contributed by atoms with van der Waals surface area (Å²) in [5.41, 5.74) is 3.36. The van der Waals surface area contributed by atoms with E-state index in [0.29, 0.717) is 11.5 Å². The first-order chi connectivity index (χ1) is 7.75. The van der Waals surface area contributed by atoms with Crippen molar-refractivity contribution in [2.24, 2.45) is 0 Å². The fourth-order valence-electron chi connectivity index (χ4n) is 2.25. The molecule has 2 heterocycles. The molecule has 0 bridgehead atoms. The third-order valence-corrected chi connectivity index (χ3v) is 3.28. The number of pyridine rings is 1. The molecule has 0 atom stereocenters. The van der Waals surface area contributed by atoms with E-state index in [4.69, 9.17) is 0 Å². The third kappa shape index (κ3) is 1.59. The molecule has 1 aliphatic carbocycles. The molecule has 2 N–H and O–H groups in total. The summed E-state index contributed by atoms with van der Waals surface area (Å²) in [5.74, 6) is -0.450. The van der Waals surface area contributed by atoms with E-state index in [9.17, 15) is 9.90 Å². The number of hydrogen-bond acceptors (Lipinski definition) is 3. The zero-order valence-electron chi connectivity index (χ0n) is 8.99. The molecule has 0 spiro atoms. The van der Waals surface area contributed by atoms with E-state index in [-0.39, 0.29) is 0 Å². The molecule has 1 aromatic heterocycles. The van der Waals surface area contributed by atoms with Gasteiger partial charge in [-0.15, -0.1) is 0 Å². The first kappa shape index (κ1) is 9.78. The van der Waals surface area contributed by atoms with Crippen molar-refractivity contribution in [2.75, 3.05) is 6.54 Å². The number of rotatable bonds is 2. The van der Waals surface area contributed by atoms with Crippen molar-refractivity contribution in [3.8, 4) is 0 Å². The highest BCUT2D eigenvalue weighted by molar-refractivity contribution is 5.89. The fraction of sp³-hybridized carbons (Fsp3) is 0.500. The summed E-state index contributed by atoms with van der Waals surface area (Å²) in [6.07, 6.45) is 3.05. The monoisotopic (exact) mass is 218 g/mol. The maximum absolute atomic E-state index is 11.2. The number of aromatic nitrogens is 1. The first-order valence-electron chi connectivity index (χ1n) is 5.72. The molecule has 3 rings (SSSR count). The van der Waals surface area contributed by atoms with Gasteiger partial charge in [0.05, 0.1) is 17.0 Å². The van der Waals surface area contributed by atoms with Crippen molar-refractivity contribution in [3.63, 3.8) is 0 Å². The van der Waals surface area contributed by atoms with Gasteiger partial charge in [-0.2, -0.15) is 0 Å². The molecule has 1 aliphatic heterocycles. The molecule has 0 saturated heterocycles.